The number of aromatic nitrogens is 1. The minimum Gasteiger partial charge on any atom is -0.356 e. The Morgan fingerprint density at radius 1 is 1.19 bits per heavy atom. The number of hydrogen-bond acceptors (Lipinski definition) is 3. The lowest BCUT2D eigenvalue weighted by Crippen LogP contribution is -2.45. The molecule has 5 nitrogen and oxygen atoms in total. The third kappa shape index (κ3) is 6.22. The molecule has 0 amide bonds. The number of nitrogens with one attached hydrogen (secondary N) is 2. The Hall–Kier alpha value is -2.11. The van der Waals surface area contributed by atoms with Crippen molar-refractivity contribution in [2.45, 2.75) is 31.8 Å². The van der Waals surface area contributed by atoms with E-state index in [1.807, 2.05) is 25.4 Å². The van der Waals surface area contributed by atoms with E-state index < -0.39 is 0 Å². The fourth-order valence-corrected chi connectivity index (χ4v) is 3.58. The van der Waals surface area contributed by atoms with Gasteiger partial charge in [0.1, 0.15) is 5.15 Å². The summed E-state index contributed by atoms with van der Waals surface area (Å²) in [5.74, 6) is 0.850. The summed E-state index contributed by atoms with van der Waals surface area (Å²) in [5.41, 5.74) is 2.54. The van der Waals surface area contributed by atoms with Gasteiger partial charge in [0.15, 0.2) is 5.96 Å². The molecule has 0 bridgehead atoms. The molecule has 1 aliphatic rings. The SMILES string of the molecule is CN=C(NCCc1ccc(Cl)nc1)NCC1CCCN1Cc1ccccc1. The molecule has 0 aliphatic carbocycles. The average molecular weight is 386 g/mol. The van der Waals surface area contributed by atoms with Crippen LogP contribution in [0.1, 0.15) is 24.0 Å². The molecule has 0 radical (unpaired) electrons. The zero-order chi connectivity index (χ0) is 18.9. The molecule has 1 fully saturated rings. The zero-order valence-electron chi connectivity index (χ0n) is 15.9. The summed E-state index contributed by atoms with van der Waals surface area (Å²) in [7, 11) is 1.82. The van der Waals surface area contributed by atoms with Crippen LogP contribution in [0.3, 0.4) is 0 Å². The van der Waals surface area contributed by atoms with Crippen molar-refractivity contribution in [3.05, 3.63) is 64.9 Å². The lowest BCUT2D eigenvalue weighted by molar-refractivity contribution is 0.245. The highest BCUT2D eigenvalue weighted by molar-refractivity contribution is 6.29. The van der Waals surface area contributed by atoms with Crippen LogP contribution in [0.25, 0.3) is 0 Å². The van der Waals surface area contributed by atoms with Gasteiger partial charge in [-0.2, -0.15) is 0 Å². The Balaban J connectivity index is 1.42. The second-order valence-corrected chi connectivity index (χ2v) is 7.26. The Bertz CT molecular complexity index is 717. The topological polar surface area (TPSA) is 52.6 Å². The second kappa shape index (κ2) is 10.3. The van der Waals surface area contributed by atoms with Crippen molar-refractivity contribution < 1.29 is 0 Å². The standard InChI is InChI=1S/C21H28ClN5/c1-23-21(24-12-11-17-9-10-20(22)25-14-17)26-15-19-8-5-13-27(19)16-18-6-3-2-4-7-18/h2-4,6-7,9-10,14,19H,5,8,11-13,15-16H2,1H3,(H2,23,24,26). The smallest absolute Gasteiger partial charge is 0.191 e. The summed E-state index contributed by atoms with van der Waals surface area (Å²) < 4.78 is 0. The van der Waals surface area contributed by atoms with Crippen LogP contribution in [-0.4, -0.2) is 48.6 Å². The molecule has 1 saturated heterocycles. The molecule has 1 aromatic heterocycles. The summed E-state index contributed by atoms with van der Waals surface area (Å²) in [6.07, 6.45) is 5.19. The first-order valence-electron chi connectivity index (χ1n) is 9.57. The zero-order valence-corrected chi connectivity index (χ0v) is 16.6. The summed E-state index contributed by atoms with van der Waals surface area (Å²) in [4.78, 5) is 11.0. The molecule has 0 saturated carbocycles. The number of pyridine rings is 1. The number of nitrogens with zero attached hydrogens (tertiary/aromatic N) is 3. The second-order valence-electron chi connectivity index (χ2n) is 6.87. The average Bonchev–Trinajstić information content (AvgIpc) is 3.14. The highest BCUT2D eigenvalue weighted by Gasteiger charge is 2.24. The monoisotopic (exact) mass is 385 g/mol. The van der Waals surface area contributed by atoms with E-state index in [9.17, 15) is 0 Å². The third-order valence-electron chi connectivity index (χ3n) is 4.95. The van der Waals surface area contributed by atoms with E-state index in [1.54, 1.807) is 0 Å². The van der Waals surface area contributed by atoms with Gasteiger partial charge in [-0.25, -0.2) is 4.98 Å². The highest BCUT2D eigenvalue weighted by atomic mass is 35.5. The van der Waals surface area contributed by atoms with Crippen LogP contribution < -0.4 is 10.6 Å². The van der Waals surface area contributed by atoms with Gasteiger partial charge in [0.2, 0.25) is 0 Å². The van der Waals surface area contributed by atoms with Crippen molar-refractivity contribution in [1.29, 1.82) is 0 Å². The number of halogens is 1. The van der Waals surface area contributed by atoms with Crippen molar-refractivity contribution in [3.8, 4) is 0 Å². The van der Waals surface area contributed by atoms with Gasteiger partial charge in [-0.05, 0) is 43.0 Å². The maximum atomic E-state index is 5.83. The molecule has 2 heterocycles. The van der Waals surface area contributed by atoms with Crippen molar-refractivity contribution in [1.82, 2.24) is 20.5 Å². The van der Waals surface area contributed by atoms with Crippen LogP contribution in [0.4, 0.5) is 0 Å². The maximum Gasteiger partial charge on any atom is 0.191 e. The maximum absolute atomic E-state index is 5.83. The van der Waals surface area contributed by atoms with Crippen molar-refractivity contribution in [2.24, 2.45) is 4.99 Å². The Kier molecular flexibility index (Phi) is 7.48. The summed E-state index contributed by atoms with van der Waals surface area (Å²) in [5, 5.41) is 7.39. The largest absolute Gasteiger partial charge is 0.356 e. The van der Waals surface area contributed by atoms with Crippen LogP contribution >= 0.6 is 11.6 Å². The minimum absolute atomic E-state index is 0.529. The number of rotatable bonds is 7. The number of likely N-dealkylation sites (tertiary alicyclic amines) is 1. The van der Waals surface area contributed by atoms with Gasteiger partial charge < -0.3 is 10.6 Å². The molecule has 1 aromatic carbocycles. The van der Waals surface area contributed by atoms with E-state index in [1.165, 1.54) is 18.4 Å². The van der Waals surface area contributed by atoms with Crippen LogP contribution in [0.2, 0.25) is 5.15 Å². The fourth-order valence-electron chi connectivity index (χ4n) is 3.47. The number of hydrogen-bond donors (Lipinski definition) is 2. The van der Waals surface area contributed by atoms with E-state index in [2.05, 4.69) is 55.8 Å². The lowest BCUT2D eigenvalue weighted by atomic mass is 10.2. The highest BCUT2D eigenvalue weighted by Crippen LogP contribution is 2.19. The van der Waals surface area contributed by atoms with Crippen molar-refractivity contribution in [3.63, 3.8) is 0 Å². The first kappa shape index (κ1) is 19.6. The van der Waals surface area contributed by atoms with Crippen LogP contribution in [0.5, 0.6) is 0 Å². The third-order valence-corrected chi connectivity index (χ3v) is 5.17. The first-order valence-corrected chi connectivity index (χ1v) is 9.95. The molecular formula is C21H28ClN5. The van der Waals surface area contributed by atoms with Gasteiger partial charge in [0.25, 0.3) is 0 Å². The molecule has 2 N–H and O–H groups in total. The summed E-state index contributed by atoms with van der Waals surface area (Å²) in [6, 6.07) is 15.1. The fraction of sp³-hybridized carbons (Fsp3) is 0.429. The lowest BCUT2D eigenvalue weighted by Gasteiger charge is -2.25. The van der Waals surface area contributed by atoms with Crippen molar-refractivity contribution in [2.75, 3.05) is 26.7 Å². The number of guanidine groups is 1. The van der Waals surface area contributed by atoms with E-state index in [0.29, 0.717) is 11.2 Å². The van der Waals surface area contributed by atoms with Crippen LogP contribution in [0, 0.1) is 0 Å². The molecule has 1 aliphatic heterocycles. The first-order chi connectivity index (χ1) is 13.2. The number of aliphatic imine (C=N–C) groups is 1. The van der Waals surface area contributed by atoms with Crippen LogP contribution in [-0.2, 0) is 13.0 Å². The van der Waals surface area contributed by atoms with Gasteiger partial charge in [0, 0.05) is 38.9 Å². The van der Waals surface area contributed by atoms with Crippen LogP contribution in [0.15, 0.2) is 53.7 Å². The van der Waals surface area contributed by atoms with E-state index in [4.69, 9.17) is 11.6 Å². The van der Waals surface area contributed by atoms with Gasteiger partial charge in [0.05, 0.1) is 0 Å². The van der Waals surface area contributed by atoms with Gasteiger partial charge in [-0.3, -0.25) is 9.89 Å². The Morgan fingerprint density at radius 3 is 2.78 bits per heavy atom. The molecule has 27 heavy (non-hydrogen) atoms. The summed E-state index contributed by atoms with van der Waals surface area (Å²) >= 11 is 5.83. The quantitative estimate of drug-likeness (QED) is 0.437. The summed E-state index contributed by atoms with van der Waals surface area (Å²) in [6.45, 7) is 3.90. The molecule has 2 aromatic rings. The normalized spacial score (nSPS) is 17.9. The molecule has 0 spiro atoms. The Labute approximate surface area is 166 Å². The molecule has 144 valence electrons. The van der Waals surface area contributed by atoms with E-state index in [0.717, 1.165) is 44.1 Å². The van der Waals surface area contributed by atoms with E-state index >= 15 is 0 Å². The van der Waals surface area contributed by atoms with E-state index in [-0.39, 0.29) is 0 Å². The molecule has 1 atom stereocenters. The molecule has 1 unspecified atom stereocenters. The molecular weight excluding hydrogens is 358 g/mol. The number of benzene rings is 1. The van der Waals surface area contributed by atoms with Gasteiger partial charge >= 0.3 is 0 Å². The van der Waals surface area contributed by atoms with Gasteiger partial charge in [-0.1, -0.05) is 48.0 Å². The van der Waals surface area contributed by atoms with Crippen molar-refractivity contribution >= 4 is 17.6 Å². The van der Waals surface area contributed by atoms with Gasteiger partial charge in [-0.15, -0.1) is 0 Å². The minimum atomic E-state index is 0.529. The predicted octanol–water partition coefficient (Wildman–Crippen LogP) is 3.11. The Morgan fingerprint density at radius 2 is 2.04 bits per heavy atom. The predicted molar refractivity (Wildman–Crippen MR) is 112 cm³/mol. The molecule has 3 rings (SSSR count). The molecule has 6 heteroatoms.